The number of carbonyl (C=O) groups is 1. The van der Waals surface area contributed by atoms with E-state index in [0.29, 0.717) is 12.3 Å². The molecule has 0 unspecified atom stereocenters. The molecule has 3 aromatic rings. The summed E-state index contributed by atoms with van der Waals surface area (Å²) in [5.74, 6) is 0.234. The van der Waals surface area contributed by atoms with Crippen molar-refractivity contribution in [2.75, 3.05) is 6.54 Å². The Morgan fingerprint density at radius 1 is 1.36 bits per heavy atom. The van der Waals surface area contributed by atoms with Crippen LogP contribution in [0, 0.1) is 6.92 Å². The fraction of sp³-hybridized carbons (Fsp3) is 0.368. The molecule has 0 radical (unpaired) electrons. The quantitative estimate of drug-likeness (QED) is 0.660. The maximum absolute atomic E-state index is 12.5. The Bertz CT molecular complexity index is 921. The fourth-order valence-electron chi connectivity index (χ4n) is 3.29. The summed E-state index contributed by atoms with van der Waals surface area (Å²) in [5, 5.41) is 5.05. The number of amides is 1. The fourth-order valence-corrected chi connectivity index (χ4v) is 4.80. The summed E-state index contributed by atoms with van der Waals surface area (Å²) in [7, 11) is 0. The molecular weight excluding hydrogens is 400 g/mol. The highest BCUT2D eigenvalue weighted by atomic mass is 79.9. The molecule has 0 aliphatic heterocycles. The average Bonchev–Trinajstić information content (AvgIpc) is 3.16. The van der Waals surface area contributed by atoms with Crippen molar-refractivity contribution in [2.45, 2.75) is 39.0 Å². The van der Waals surface area contributed by atoms with E-state index in [-0.39, 0.29) is 5.91 Å². The Kier molecular flexibility index (Phi) is 4.65. The van der Waals surface area contributed by atoms with E-state index in [4.69, 9.17) is 9.40 Å². The first kappa shape index (κ1) is 16.8. The number of fused-ring (bicyclic) bond motifs is 2. The summed E-state index contributed by atoms with van der Waals surface area (Å²) in [4.78, 5) is 18.6. The molecule has 130 valence electrons. The topological polar surface area (TPSA) is 55.1 Å². The van der Waals surface area contributed by atoms with Crippen LogP contribution in [0.25, 0.3) is 11.0 Å². The highest BCUT2D eigenvalue weighted by molar-refractivity contribution is 9.10. The first-order valence-corrected chi connectivity index (χ1v) is 10.2. The molecule has 1 amide bonds. The predicted molar refractivity (Wildman–Crippen MR) is 103 cm³/mol. The highest BCUT2D eigenvalue weighted by Gasteiger charge is 2.18. The lowest BCUT2D eigenvalue weighted by Gasteiger charge is -2.06. The normalized spacial score (nSPS) is 13.8. The van der Waals surface area contributed by atoms with E-state index in [2.05, 4.69) is 21.2 Å². The molecule has 0 atom stereocenters. The predicted octanol–water partition coefficient (Wildman–Crippen LogP) is 4.81. The lowest BCUT2D eigenvalue weighted by Crippen LogP contribution is -2.25. The van der Waals surface area contributed by atoms with Crippen molar-refractivity contribution in [1.82, 2.24) is 10.3 Å². The largest absolute Gasteiger partial charge is 0.451 e. The van der Waals surface area contributed by atoms with Gasteiger partial charge in [-0.1, -0.05) is 15.9 Å². The lowest BCUT2D eigenvalue weighted by atomic mass is 10.0. The Labute approximate surface area is 158 Å². The van der Waals surface area contributed by atoms with E-state index < -0.39 is 0 Å². The number of hydrogen-bond acceptors (Lipinski definition) is 4. The summed E-state index contributed by atoms with van der Waals surface area (Å²) in [6.45, 7) is 2.49. The zero-order valence-corrected chi connectivity index (χ0v) is 16.4. The standard InChI is InChI=1S/C19H19BrN2O2S/c1-11-13-10-12(20)6-7-15(13)24-18(11)19(23)21-9-8-17-22-14-4-2-3-5-16(14)25-17/h6-7,10H,2-5,8-9H2,1H3,(H,21,23). The lowest BCUT2D eigenvalue weighted by molar-refractivity contribution is 0.0928. The molecule has 4 nitrogen and oxygen atoms in total. The number of benzene rings is 1. The molecule has 1 aliphatic rings. The van der Waals surface area contributed by atoms with Crippen molar-refractivity contribution in [3.8, 4) is 0 Å². The number of aryl methyl sites for hydroxylation is 3. The van der Waals surface area contributed by atoms with E-state index in [1.54, 1.807) is 11.3 Å². The van der Waals surface area contributed by atoms with E-state index in [1.807, 2.05) is 25.1 Å². The summed E-state index contributed by atoms with van der Waals surface area (Å²) in [6, 6.07) is 5.77. The van der Waals surface area contributed by atoms with Crippen LogP contribution >= 0.6 is 27.3 Å². The van der Waals surface area contributed by atoms with Crippen molar-refractivity contribution in [2.24, 2.45) is 0 Å². The number of rotatable bonds is 4. The van der Waals surface area contributed by atoms with Gasteiger partial charge in [0.15, 0.2) is 5.76 Å². The zero-order chi connectivity index (χ0) is 17.4. The molecule has 25 heavy (non-hydrogen) atoms. The van der Waals surface area contributed by atoms with Gasteiger partial charge in [0.25, 0.3) is 5.91 Å². The van der Waals surface area contributed by atoms with Gasteiger partial charge < -0.3 is 9.73 Å². The van der Waals surface area contributed by atoms with Crippen LogP contribution in [0.2, 0.25) is 0 Å². The Balaban J connectivity index is 1.42. The Hall–Kier alpha value is -1.66. The van der Waals surface area contributed by atoms with E-state index in [0.717, 1.165) is 45.3 Å². The first-order valence-electron chi connectivity index (χ1n) is 8.56. The van der Waals surface area contributed by atoms with Crippen molar-refractivity contribution in [1.29, 1.82) is 0 Å². The molecule has 0 fully saturated rings. The van der Waals surface area contributed by atoms with Gasteiger partial charge in [0.2, 0.25) is 0 Å². The van der Waals surface area contributed by atoms with E-state index in [9.17, 15) is 4.79 Å². The van der Waals surface area contributed by atoms with Gasteiger partial charge in [-0.15, -0.1) is 11.3 Å². The number of nitrogens with zero attached hydrogens (tertiary/aromatic N) is 1. The molecule has 0 bridgehead atoms. The van der Waals surface area contributed by atoms with Crippen molar-refractivity contribution >= 4 is 44.1 Å². The van der Waals surface area contributed by atoms with Gasteiger partial charge in [-0.2, -0.15) is 0 Å². The van der Waals surface area contributed by atoms with Crippen molar-refractivity contribution < 1.29 is 9.21 Å². The smallest absolute Gasteiger partial charge is 0.287 e. The van der Waals surface area contributed by atoms with Gasteiger partial charge >= 0.3 is 0 Å². The molecule has 1 aliphatic carbocycles. The summed E-state index contributed by atoms with van der Waals surface area (Å²) < 4.78 is 6.71. The first-order chi connectivity index (χ1) is 12.1. The molecule has 2 heterocycles. The number of halogens is 1. The molecule has 1 N–H and O–H groups in total. The van der Waals surface area contributed by atoms with Gasteiger partial charge in [0.05, 0.1) is 10.7 Å². The Morgan fingerprint density at radius 3 is 3.04 bits per heavy atom. The van der Waals surface area contributed by atoms with Crippen LogP contribution in [0.3, 0.4) is 0 Å². The van der Waals surface area contributed by atoms with Crippen molar-refractivity contribution in [3.63, 3.8) is 0 Å². The SMILES string of the molecule is Cc1c(C(=O)NCCc2nc3c(s2)CCCC3)oc2ccc(Br)cc12. The van der Waals surface area contributed by atoms with Crippen molar-refractivity contribution in [3.05, 3.63) is 49.6 Å². The van der Waals surface area contributed by atoms with Gasteiger partial charge in [-0.05, 0) is 50.8 Å². The molecule has 0 saturated heterocycles. The van der Waals surface area contributed by atoms with E-state index in [1.165, 1.54) is 23.4 Å². The number of thiazole rings is 1. The number of hydrogen-bond donors (Lipinski definition) is 1. The van der Waals surface area contributed by atoms with Crippen LogP contribution < -0.4 is 5.32 Å². The minimum atomic E-state index is -0.161. The summed E-state index contributed by atoms with van der Waals surface area (Å²) in [5.41, 5.74) is 2.88. The third-order valence-corrected chi connectivity index (χ3v) is 6.33. The maximum atomic E-state index is 12.5. The van der Waals surface area contributed by atoms with Gasteiger partial charge in [0.1, 0.15) is 5.58 Å². The van der Waals surface area contributed by atoms with Gasteiger partial charge in [0, 0.05) is 33.3 Å². The van der Waals surface area contributed by atoms with Crippen LogP contribution in [0.4, 0.5) is 0 Å². The van der Waals surface area contributed by atoms with Gasteiger partial charge in [-0.3, -0.25) is 4.79 Å². The average molecular weight is 419 g/mol. The summed E-state index contributed by atoms with van der Waals surface area (Å²) in [6.07, 6.45) is 5.55. The maximum Gasteiger partial charge on any atom is 0.287 e. The minimum absolute atomic E-state index is 0.161. The molecule has 2 aromatic heterocycles. The molecule has 6 heteroatoms. The minimum Gasteiger partial charge on any atom is -0.451 e. The number of nitrogens with one attached hydrogen (secondary N) is 1. The second kappa shape index (κ2) is 6.92. The van der Waals surface area contributed by atoms with E-state index >= 15 is 0 Å². The van der Waals surface area contributed by atoms with Crippen LogP contribution in [0.5, 0.6) is 0 Å². The molecular formula is C19H19BrN2O2S. The zero-order valence-electron chi connectivity index (χ0n) is 14.0. The highest BCUT2D eigenvalue weighted by Crippen LogP contribution is 2.28. The number of aromatic nitrogens is 1. The van der Waals surface area contributed by atoms with Gasteiger partial charge in [-0.25, -0.2) is 4.98 Å². The third-order valence-electron chi connectivity index (χ3n) is 4.62. The van der Waals surface area contributed by atoms with Crippen LogP contribution in [0.1, 0.15) is 44.5 Å². The molecule has 0 spiro atoms. The molecule has 0 saturated carbocycles. The summed E-state index contributed by atoms with van der Waals surface area (Å²) >= 11 is 5.26. The van der Waals surface area contributed by atoms with Crippen LogP contribution in [-0.4, -0.2) is 17.4 Å². The monoisotopic (exact) mass is 418 g/mol. The molecule has 1 aromatic carbocycles. The van der Waals surface area contributed by atoms with Crippen LogP contribution in [-0.2, 0) is 19.3 Å². The molecule has 4 rings (SSSR count). The second-order valence-electron chi connectivity index (χ2n) is 6.39. The number of carbonyl (C=O) groups excluding carboxylic acids is 1. The number of furan rings is 1. The van der Waals surface area contributed by atoms with Crippen LogP contribution in [0.15, 0.2) is 27.1 Å². The Morgan fingerprint density at radius 2 is 2.20 bits per heavy atom. The third kappa shape index (κ3) is 3.37. The second-order valence-corrected chi connectivity index (χ2v) is 8.47.